The van der Waals surface area contributed by atoms with Crippen molar-refractivity contribution in [1.29, 1.82) is 0 Å². The molecule has 106 valence electrons. The van der Waals surface area contributed by atoms with Crippen LogP contribution in [-0.4, -0.2) is 79.5 Å². The number of rotatable bonds is 4. The normalized spacial score (nSPS) is 40.2. The van der Waals surface area contributed by atoms with Crippen molar-refractivity contribution in [2.75, 3.05) is 6.61 Å². The van der Waals surface area contributed by atoms with Crippen molar-refractivity contribution in [2.24, 2.45) is 5.73 Å². The highest BCUT2D eigenvalue weighted by Crippen LogP contribution is 2.29. The summed E-state index contributed by atoms with van der Waals surface area (Å²) in [6, 6.07) is -1.21. The minimum absolute atomic E-state index is 0.665. The van der Waals surface area contributed by atoms with Gasteiger partial charge in [-0.2, -0.15) is 0 Å². The van der Waals surface area contributed by atoms with Crippen molar-refractivity contribution in [1.82, 2.24) is 0 Å². The minimum atomic E-state index is -2.70. The molecule has 9 nitrogen and oxygen atoms in total. The third kappa shape index (κ3) is 2.78. The van der Waals surface area contributed by atoms with E-state index < -0.39 is 55.2 Å². The standard InChI is InChI=1S/C9H17NO8/c10-5-3(12)1-9(17,8(15)16)18-7(5)6(14)4(13)2-11/h3-7,11-14,17H,1-2,10H2,(H,15,16)/t3-,4+,5-,6-,7-,9+/m1/s1. The summed E-state index contributed by atoms with van der Waals surface area (Å²) < 4.78 is 4.75. The monoisotopic (exact) mass is 267 g/mol. The Kier molecular flexibility index (Phi) is 4.61. The molecule has 0 aromatic heterocycles. The van der Waals surface area contributed by atoms with Gasteiger partial charge in [0.05, 0.1) is 18.8 Å². The van der Waals surface area contributed by atoms with Crippen molar-refractivity contribution in [3.8, 4) is 0 Å². The fourth-order valence-corrected chi connectivity index (χ4v) is 1.75. The number of ether oxygens (including phenoxy) is 1. The van der Waals surface area contributed by atoms with Crippen LogP contribution in [0, 0.1) is 0 Å². The molecular formula is C9H17NO8. The molecule has 6 atom stereocenters. The molecule has 1 fully saturated rings. The average molecular weight is 267 g/mol. The molecule has 0 radical (unpaired) electrons. The van der Waals surface area contributed by atoms with E-state index in [9.17, 15) is 25.2 Å². The van der Waals surface area contributed by atoms with Crippen LogP contribution in [0.5, 0.6) is 0 Å². The van der Waals surface area contributed by atoms with E-state index in [4.69, 9.17) is 20.7 Å². The Bertz CT molecular complexity index is 313. The second-order valence-electron chi connectivity index (χ2n) is 4.26. The summed E-state index contributed by atoms with van der Waals surface area (Å²) in [7, 11) is 0. The van der Waals surface area contributed by atoms with E-state index in [1.807, 2.05) is 0 Å². The first-order valence-electron chi connectivity index (χ1n) is 5.27. The molecule has 9 heteroatoms. The molecule has 0 saturated carbocycles. The molecule has 18 heavy (non-hydrogen) atoms. The van der Waals surface area contributed by atoms with Crippen LogP contribution in [0.3, 0.4) is 0 Å². The van der Waals surface area contributed by atoms with Gasteiger partial charge < -0.3 is 41.1 Å². The average Bonchev–Trinajstić information content (AvgIpc) is 2.31. The summed E-state index contributed by atoms with van der Waals surface area (Å²) in [5.41, 5.74) is 5.51. The summed E-state index contributed by atoms with van der Waals surface area (Å²) >= 11 is 0. The van der Waals surface area contributed by atoms with Crippen molar-refractivity contribution in [3.05, 3.63) is 0 Å². The quantitative estimate of drug-likeness (QED) is 0.267. The fourth-order valence-electron chi connectivity index (χ4n) is 1.75. The Hall–Kier alpha value is -0.810. The summed E-state index contributed by atoms with van der Waals surface area (Å²) in [4.78, 5) is 10.8. The van der Waals surface area contributed by atoms with Gasteiger partial charge >= 0.3 is 5.97 Å². The molecule has 0 aliphatic carbocycles. The number of hydrogen-bond acceptors (Lipinski definition) is 8. The van der Waals surface area contributed by atoms with Gasteiger partial charge in [-0.1, -0.05) is 0 Å². The first kappa shape index (κ1) is 15.2. The smallest absolute Gasteiger partial charge is 0.364 e. The Morgan fingerprint density at radius 3 is 2.50 bits per heavy atom. The molecule has 1 rings (SSSR count). The molecule has 0 amide bonds. The number of carboxylic acid groups (broad SMARTS) is 1. The molecule has 0 unspecified atom stereocenters. The zero-order chi connectivity index (χ0) is 14.1. The molecule has 0 aromatic rings. The van der Waals surface area contributed by atoms with Gasteiger partial charge in [0.2, 0.25) is 0 Å². The fraction of sp³-hybridized carbons (Fsp3) is 0.889. The number of nitrogens with two attached hydrogens (primary N) is 1. The Labute approximate surface area is 102 Å². The first-order chi connectivity index (χ1) is 8.23. The largest absolute Gasteiger partial charge is 0.477 e. The lowest BCUT2D eigenvalue weighted by Gasteiger charge is -2.43. The molecule has 1 heterocycles. The lowest BCUT2D eigenvalue weighted by Crippen LogP contribution is -2.65. The second-order valence-corrected chi connectivity index (χ2v) is 4.26. The van der Waals surface area contributed by atoms with Gasteiger partial charge in [-0.3, -0.25) is 0 Å². The third-order valence-corrected chi connectivity index (χ3v) is 2.89. The lowest BCUT2D eigenvalue weighted by atomic mass is 9.89. The van der Waals surface area contributed by atoms with Crippen molar-refractivity contribution >= 4 is 5.97 Å². The Morgan fingerprint density at radius 1 is 1.50 bits per heavy atom. The zero-order valence-electron chi connectivity index (χ0n) is 9.38. The number of aliphatic carboxylic acids is 1. The zero-order valence-corrected chi connectivity index (χ0v) is 9.38. The first-order valence-corrected chi connectivity index (χ1v) is 5.27. The van der Waals surface area contributed by atoms with E-state index in [0.717, 1.165) is 0 Å². The van der Waals surface area contributed by atoms with Crippen LogP contribution in [0.2, 0.25) is 0 Å². The highest BCUT2D eigenvalue weighted by atomic mass is 16.7. The second kappa shape index (κ2) is 5.45. The van der Waals surface area contributed by atoms with Gasteiger partial charge in [-0.15, -0.1) is 0 Å². The third-order valence-electron chi connectivity index (χ3n) is 2.89. The van der Waals surface area contributed by atoms with Gasteiger partial charge in [0, 0.05) is 6.42 Å². The predicted octanol–water partition coefficient (Wildman–Crippen LogP) is -4.05. The van der Waals surface area contributed by atoms with Crippen LogP contribution in [0.4, 0.5) is 0 Å². The molecule has 0 bridgehead atoms. The van der Waals surface area contributed by atoms with Crippen molar-refractivity contribution in [2.45, 2.75) is 42.7 Å². The van der Waals surface area contributed by atoms with Gasteiger partial charge in [0.25, 0.3) is 5.79 Å². The maximum absolute atomic E-state index is 10.8. The molecule has 1 aliphatic heterocycles. The summed E-state index contributed by atoms with van der Waals surface area (Å²) in [6.07, 6.45) is -7.01. The number of carbonyl (C=O) groups is 1. The van der Waals surface area contributed by atoms with E-state index in [2.05, 4.69) is 0 Å². The summed E-state index contributed by atoms with van der Waals surface area (Å²) in [5.74, 6) is -4.44. The molecule has 8 N–H and O–H groups in total. The van der Waals surface area contributed by atoms with Gasteiger partial charge in [0.1, 0.15) is 18.3 Å². The van der Waals surface area contributed by atoms with Crippen LogP contribution >= 0.6 is 0 Å². The van der Waals surface area contributed by atoms with Crippen molar-refractivity contribution < 1.29 is 40.2 Å². The predicted molar refractivity (Wildman–Crippen MR) is 55.2 cm³/mol. The summed E-state index contributed by atoms with van der Waals surface area (Å²) in [6.45, 7) is -0.810. The molecular weight excluding hydrogens is 250 g/mol. The molecule has 1 saturated heterocycles. The highest BCUT2D eigenvalue weighted by Gasteiger charge is 2.52. The van der Waals surface area contributed by atoms with E-state index in [-0.39, 0.29) is 0 Å². The summed E-state index contributed by atoms with van der Waals surface area (Å²) in [5, 5.41) is 55.5. The SMILES string of the molecule is N[C@H]1[C@H]([C@H](O)[C@@H](O)CO)O[C@](O)(C(=O)O)C[C@H]1O. The van der Waals surface area contributed by atoms with Crippen LogP contribution < -0.4 is 5.73 Å². The number of carboxylic acids is 1. The van der Waals surface area contributed by atoms with Crippen LogP contribution in [0.25, 0.3) is 0 Å². The van der Waals surface area contributed by atoms with Gasteiger partial charge in [-0.25, -0.2) is 4.79 Å². The Balaban J connectivity index is 2.92. The van der Waals surface area contributed by atoms with E-state index in [1.165, 1.54) is 0 Å². The van der Waals surface area contributed by atoms with E-state index >= 15 is 0 Å². The van der Waals surface area contributed by atoms with E-state index in [1.54, 1.807) is 0 Å². The molecule has 0 spiro atoms. The number of hydrogen-bond donors (Lipinski definition) is 7. The topological polar surface area (TPSA) is 174 Å². The number of aliphatic hydroxyl groups is 5. The molecule has 1 aliphatic rings. The van der Waals surface area contributed by atoms with Crippen LogP contribution in [0.1, 0.15) is 6.42 Å². The number of aliphatic hydroxyl groups excluding tert-OH is 4. The molecule has 0 aromatic carbocycles. The van der Waals surface area contributed by atoms with Gasteiger partial charge in [0.15, 0.2) is 0 Å². The lowest BCUT2D eigenvalue weighted by molar-refractivity contribution is -0.292. The highest BCUT2D eigenvalue weighted by molar-refractivity contribution is 5.75. The van der Waals surface area contributed by atoms with Crippen LogP contribution in [0.15, 0.2) is 0 Å². The minimum Gasteiger partial charge on any atom is -0.477 e. The maximum atomic E-state index is 10.8. The van der Waals surface area contributed by atoms with Crippen LogP contribution in [-0.2, 0) is 9.53 Å². The van der Waals surface area contributed by atoms with Gasteiger partial charge in [-0.05, 0) is 0 Å². The van der Waals surface area contributed by atoms with E-state index in [0.29, 0.717) is 0 Å². The Morgan fingerprint density at radius 2 is 2.06 bits per heavy atom. The van der Waals surface area contributed by atoms with Crippen molar-refractivity contribution in [3.63, 3.8) is 0 Å². The maximum Gasteiger partial charge on any atom is 0.364 e.